The maximum Gasteiger partial charge on any atom is 0.340 e. The molecule has 0 radical (unpaired) electrons. The van der Waals surface area contributed by atoms with E-state index in [1.807, 2.05) is 23.9 Å². The standard InChI is InChI=1S/C15H20N6O2/c1-20(2)12-9-11(3-6-16-12)14(22)21-7-4-10(5-8-21)13-17-15(23)19-18-13/h3,6,9-10H,4-5,7-8H2,1-2H3,(H2,17,18,19,23). The third-order valence-electron chi connectivity index (χ3n) is 4.14. The number of nitrogens with zero attached hydrogens (tertiary/aromatic N) is 4. The summed E-state index contributed by atoms with van der Waals surface area (Å²) in [4.78, 5) is 34.4. The van der Waals surface area contributed by atoms with Gasteiger partial charge in [-0.1, -0.05) is 0 Å². The van der Waals surface area contributed by atoms with E-state index < -0.39 is 0 Å². The second-order valence-corrected chi connectivity index (χ2v) is 5.93. The molecule has 0 unspecified atom stereocenters. The van der Waals surface area contributed by atoms with Crippen LogP contribution in [0.5, 0.6) is 0 Å². The molecule has 0 aromatic carbocycles. The summed E-state index contributed by atoms with van der Waals surface area (Å²) in [5.74, 6) is 1.65. The van der Waals surface area contributed by atoms with Crippen molar-refractivity contribution in [1.82, 2.24) is 25.1 Å². The van der Waals surface area contributed by atoms with Crippen molar-refractivity contribution in [3.05, 3.63) is 40.2 Å². The van der Waals surface area contributed by atoms with Gasteiger partial charge in [0.2, 0.25) is 0 Å². The third-order valence-corrected chi connectivity index (χ3v) is 4.14. The predicted molar refractivity (Wildman–Crippen MR) is 85.7 cm³/mol. The number of carbonyl (C=O) groups is 1. The molecule has 0 atom stereocenters. The average molecular weight is 316 g/mol. The van der Waals surface area contributed by atoms with E-state index in [0.717, 1.165) is 18.7 Å². The number of nitrogens with one attached hydrogen (secondary N) is 2. The first kappa shape index (κ1) is 15.3. The molecule has 2 aromatic heterocycles. The first-order valence-electron chi connectivity index (χ1n) is 7.62. The maximum atomic E-state index is 12.6. The molecule has 2 N–H and O–H groups in total. The molecule has 0 aliphatic carbocycles. The number of pyridine rings is 1. The van der Waals surface area contributed by atoms with E-state index in [0.29, 0.717) is 24.5 Å². The summed E-state index contributed by atoms with van der Waals surface area (Å²) in [6, 6.07) is 3.55. The number of anilines is 1. The topological polar surface area (TPSA) is 98.0 Å². The highest BCUT2D eigenvalue weighted by atomic mass is 16.2. The number of likely N-dealkylation sites (tertiary alicyclic amines) is 1. The van der Waals surface area contributed by atoms with Crippen LogP contribution in [0.1, 0.15) is 34.9 Å². The quantitative estimate of drug-likeness (QED) is 0.863. The molecule has 1 fully saturated rings. The monoisotopic (exact) mass is 316 g/mol. The summed E-state index contributed by atoms with van der Waals surface area (Å²) < 4.78 is 0. The number of rotatable bonds is 3. The highest BCUT2D eigenvalue weighted by molar-refractivity contribution is 5.94. The van der Waals surface area contributed by atoms with Crippen molar-refractivity contribution in [3.8, 4) is 0 Å². The zero-order valence-corrected chi connectivity index (χ0v) is 13.2. The summed E-state index contributed by atoms with van der Waals surface area (Å²) in [6.07, 6.45) is 3.24. The number of hydrogen-bond acceptors (Lipinski definition) is 5. The Morgan fingerprint density at radius 2 is 2.09 bits per heavy atom. The van der Waals surface area contributed by atoms with Gasteiger partial charge in [-0.25, -0.2) is 14.9 Å². The Balaban J connectivity index is 1.66. The Kier molecular flexibility index (Phi) is 4.14. The Hall–Kier alpha value is -2.64. The van der Waals surface area contributed by atoms with Crippen LogP contribution in [0.15, 0.2) is 23.1 Å². The number of amides is 1. The van der Waals surface area contributed by atoms with E-state index >= 15 is 0 Å². The Morgan fingerprint density at radius 3 is 2.70 bits per heavy atom. The number of H-pyrrole nitrogens is 2. The average Bonchev–Trinajstić information content (AvgIpc) is 3.01. The van der Waals surface area contributed by atoms with Crippen LogP contribution in [0, 0.1) is 0 Å². The van der Waals surface area contributed by atoms with Gasteiger partial charge in [0, 0.05) is 44.9 Å². The fourth-order valence-electron chi connectivity index (χ4n) is 2.81. The summed E-state index contributed by atoms with van der Waals surface area (Å²) in [7, 11) is 3.79. The molecular weight excluding hydrogens is 296 g/mol. The zero-order chi connectivity index (χ0) is 16.4. The molecule has 0 spiro atoms. The molecule has 3 heterocycles. The van der Waals surface area contributed by atoms with Gasteiger partial charge in [0.05, 0.1) is 0 Å². The highest BCUT2D eigenvalue weighted by Gasteiger charge is 2.26. The van der Waals surface area contributed by atoms with E-state index in [4.69, 9.17) is 0 Å². The van der Waals surface area contributed by atoms with Gasteiger partial charge < -0.3 is 9.80 Å². The molecule has 8 nitrogen and oxygen atoms in total. The van der Waals surface area contributed by atoms with E-state index in [1.54, 1.807) is 18.3 Å². The maximum absolute atomic E-state index is 12.6. The smallest absolute Gasteiger partial charge is 0.340 e. The first-order chi connectivity index (χ1) is 11.0. The van der Waals surface area contributed by atoms with Crippen molar-refractivity contribution < 1.29 is 4.79 Å². The largest absolute Gasteiger partial charge is 0.363 e. The molecule has 1 aliphatic rings. The number of piperidine rings is 1. The lowest BCUT2D eigenvalue weighted by Crippen LogP contribution is -2.38. The van der Waals surface area contributed by atoms with Crippen LogP contribution in [0.4, 0.5) is 5.82 Å². The van der Waals surface area contributed by atoms with Crippen LogP contribution in [0.2, 0.25) is 0 Å². The minimum atomic E-state index is -0.286. The lowest BCUT2D eigenvalue weighted by Gasteiger charge is -2.31. The van der Waals surface area contributed by atoms with Gasteiger partial charge in [-0.15, -0.1) is 0 Å². The summed E-state index contributed by atoms with van der Waals surface area (Å²) in [6.45, 7) is 1.30. The van der Waals surface area contributed by atoms with Gasteiger partial charge in [-0.2, -0.15) is 5.10 Å². The normalized spacial score (nSPS) is 15.7. The summed E-state index contributed by atoms with van der Waals surface area (Å²) in [5, 5.41) is 6.38. The van der Waals surface area contributed by atoms with Crippen LogP contribution in [-0.2, 0) is 0 Å². The molecule has 23 heavy (non-hydrogen) atoms. The van der Waals surface area contributed by atoms with Crippen LogP contribution in [0.3, 0.4) is 0 Å². The van der Waals surface area contributed by atoms with Crippen molar-refractivity contribution in [1.29, 1.82) is 0 Å². The lowest BCUT2D eigenvalue weighted by atomic mass is 9.96. The SMILES string of the molecule is CN(C)c1cc(C(=O)N2CCC(c3n[nH]c(=O)[nH]3)CC2)ccn1. The molecule has 0 saturated carbocycles. The molecule has 1 saturated heterocycles. The Bertz CT molecular complexity index is 742. The lowest BCUT2D eigenvalue weighted by molar-refractivity contribution is 0.0711. The second kappa shape index (κ2) is 6.23. The van der Waals surface area contributed by atoms with Crippen molar-refractivity contribution >= 4 is 11.7 Å². The number of carbonyl (C=O) groups excluding carboxylic acids is 1. The molecule has 3 rings (SSSR count). The molecule has 8 heteroatoms. The van der Waals surface area contributed by atoms with Crippen LogP contribution in [0.25, 0.3) is 0 Å². The fraction of sp³-hybridized carbons (Fsp3) is 0.467. The fourth-order valence-corrected chi connectivity index (χ4v) is 2.81. The molecular formula is C15H20N6O2. The Morgan fingerprint density at radius 1 is 1.35 bits per heavy atom. The van der Waals surface area contributed by atoms with E-state index in [2.05, 4.69) is 20.2 Å². The van der Waals surface area contributed by atoms with Crippen molar-refractivity contribution in [2.24, 2.45) is 0 Å². The van der Waals surface area contributed by atoms with Crippen molar-refractivity contribution in [3.63, 3.8) is 0 Å². The van der Waals surface area contributed by atoms with E-state index in [1.165, 1.54) is 0 Å². The molecule has 2 aromatic rings. The predicted octanol–water partition coefficient (Wildman–Crippen LogP) is 0.579. The second-order valence-electron chi connectivity index (χ2n) is 5.93. The summed E-state index contributed by atoms with van der Waals surface area (Å²) in [5.41, 5.74) is 0.363. The van der Waals surface area contributed by atoms with Crippen molar-refractivity contribution in [2.75, 3.05) is 32.1 Å². The number of aromatic amines is 2. The molecule has 0 bridgehead atoms. The van der Waals surface area contributed by atoms with E-state index in [-0.39, 0.29) is 17.5 Å². The van der Waals surface area contributed by atoms with Gasteiger partial charge in [0.25, 0.3) is 5.91 Å². The Labute approximate surface area is 133 Å². The highest BCUT2D eigenvalue weighted by Crippen LogP contribution is 2.25. The summed E-state index contributed by atoms with van der Waals surface area (Å²) >= 11 is 0. The van der Waals surface area contributed by atoms with Gasteiger partial charge in [0.15, 0.2) is 0 Å². The molecule has 122 valence electrons. The minimum absolute atomic E-state index is 0.0180. The number of hydrogen-bond donors (Lipinski definition) is 2. The van der Waals surface area contributed by atoms with Gasteiger partial charge in [-0.05, 0) is 25.0 Å². The van der Waals surface area contributed by atoms with Crippen LogP contribution in [-0.4, -0.2) is 58.2 Å². The molecule has 1 aliphatic heterocycles. The third kappa shape index (κ3) is 3.25. The van der Waals surface area contributed by atoms with Crippen LogP contribution >= 0.6 is 0 Å². The van der Waals surface area contributed by atoms with Gasteiger partial charge in [-0.3, -0.25) is 9.78 Å². The van der Waals surface area contributed by atoms with E-state index in [9.17, 15) is 9.59 Å². The van der Waals surface area contributed by atoms with Gasteiger partial charge >= 0.3 is 5.69 Å². The van der Waals surface area contributed by atoms with Crippen LogP contribution < -0.4 is 10.6 Å². The first-order valence-corrected chi connectivity index (χ1v) is 7.62. The van der Waals surface area contributed by atoms with Crippen molar-refractivity contribution in [2.45, 2.75) is 18.8 Å². The zero-order valence-electron chi connectivity index (χ0n) is 13.2. The van der Waals surface area contributed by atoms with Gasteiger partial charge in [0.1, 0.15) is 11.6 Å². The number of aromatic nitrogens is 4. The molecule has 1 amide bonds. The minimum Gasteiger partial charge on any atom is -0.363 e.